The fourth-order valence-electron chi connectivity index (χ4n) is 2.82. The average molecular weight is 305 g/mol. The van der Waals surface area contributed by atoms with Crippen LogP contribution in [0.4, 0.5) is 0 Å². The standard InChI is InChI=1S/C17H15N5O/c23-17(21-9-7-15(21)13-4-2-1-3-5-13)14-6-8-19-16(10-14)22-12-18-11-20-22/h1-6,8,10-12,15H,7,9H2/t15-/m0/s1. The van der Waals surface area contributed by atoms with Crippen LogP contribution in [0.1, 0.15) is 28.4 Å². The van der Waals surface area contributed by atoms with Crippen LogP contribution in [0.5, 0.6) is 0 Å². The Morgan fingerprint density at radius 2 is 2.04 bits per heavy atom. The number of amides is 1. The van der Waals surface area contributed by atoms with Gasteiger partial charge in [0.15, 0.2) is 5.82 Å². The largest absolute Gasteiger partial charge is 0.331 e. The number of rotatable bonds is 3. The van der Waals surface area contributed by atoms with E-state index >= 15 is 0 Å². The number of pyridine rings is 1. The normalized spacial score (nSPS) is 16.9. The Morgan fingerprint density at radius 3 is 2.74 bits per heavy atom. The van der Waals surface area contributed by atoms with Gasteiger partial charge in [-0.3, -0.25) is 4.79 Å². The lowest BCUT2D eigenvalue weighted by Gasteiger charge is -2.41. The molecule has 2 aromatic heterocycles. The minimum Gasteiger partial charge on any atom is -0.331 e. The van der Waals surface area contributed by atoms with Gasteiger partial charge in [0.05, 0.1) is 6.04 Å². The van der Waals surface area contributed by atoms with Crippen molar-refractivity contribution in [3.8, 4) is 5.82 Å². The van der Waals surface area contributed by atoms with E-state index < -0.39 is 0 Å². The number of hydrogen-bond acceptors (Lipinski definition) is 4. The third kappa shape index (κ3) is 2.48. The summed E-state index contributed by atoms with van der Waals surface area (Å²) in [5.74, 6) is 0.610. The van der Waals surface area contributed by atoms with Gasteiger partial charge >= 0.3 is 0 Å². The summed E-state index contributed by atoms with van der Waals surface area (Å²) in [7, 11) is 0. The van der Waals surface area contributed by atoms with Gasteiger partial charge in [-0.05, 0) is 24.1 Å². The zero-order valence-corrected chi connectivity index (χ0v) is 12.4. The Labute approximate surface area is 133 Å². The molecule has 6 heteroatoms. The molecule has 1 saturated heterocycles. The first kappa shape index (κ1) is 13.6. The smallest absolute Gasteiger partial charge is 0.254 e. The van der Waals surface area contributed by atoms with Gasteiger partial charge in [-0.1, -0.05) is 30.3 Å². The molecule has 0 spiro atoms. The predicted molar refractivity (Wildman–Crippen MR) is 84.0 cm³/mol. The van der Waals surface area contributed by atoms with Crippen LogP contribution >= 0.6 is 0 Å². The molecule has 0 unspecified atom stereocenters. The van der Waals surface area contributed by atoms with Crippen LogP contribution in [0.3, 0.4) is 0 Å². The second-order valence-electron chi connectivity index (χ2n) is 5.46. The topological polar surface area (TPSA) is 63.9 Å². The highest BCUT2D eigenvalue weighted by molar-refractivity contribution is 5.95. The summed E-state index contributed by atoms with van der Waals surface area (Å²) in [6.45, 7) is 0.777. The molecular weight excluding hydrogens is 290 g/mol. The summed E-state index contributed by atoms with van der Waals surface area (Å²) < 4.78 is 1.54. The van der Waals surface area contributed by atoms with Crippen molar-refractivity contribution < 1.29 is 4.79 Å². The van der Waals surface area contributed by atoms with Crippen LogP contribution in [-0.2, 0) is 0 Å². The molecule has 0 N–H and O–H groups in total. The molecule has 23 heavy (non-hydrogen) atoms. The molecule has 1 aliphatic heterocycles. The Kier molecular flexibility index (Phi) is 3.34. The van der Waals surface area contributed by atoms with Crippen molar-refractivity contribution in [2.24, 2.45) is 0 Å². The van der Waals surface area contributed by atoms with Gasteiger partial charge in [0.25, 0.3) is 5.91 Å². The first-order valence-electron chi connectivity index (χ1n) is 7.50. The molecule has 1 aliphatic rings. The van der Waals surface area contributed by atoms with E-state index in [0.29, 0.717) is 11.4 Å². The second kappa shape index (κ2) is 5.64. The molecule has 4 rings (SSSR count). The Hall–Kier alpha value is -3.02. The summed E-state index contributed by atoms with van der Waals surface area (Å²) >= 11 is 0. The number of carbonyl (C=O) groups excluding carboxylic acids is 1. The monoisotopic (exact) mass is 305 g/mol. The SMILES string of the molecule is O=C(c1ccnc(-n2cncn2)c1)N1CC[C@H]1c1ccccc1. The highest BCUT2D eigenvalue weighted by Crippen LogP contribution is 2.34. The first-order valence-corrected chi connectivity index (χ1v) is 7.50. The molecule has 3 heterocycles. The van der Waals surface area contributed by atoms with E-state index in [9.17, 15) is 4.79 Å². The van der Waals surface area contributed by atoms with Crippen LogP contribution in [0, 0.1) is 0 Å². The molecule has 3 aromatic rings. The van der Waals surface area contributed by atoms with Gasteiger partial charge in [-0.2, -0.15) is 5.10 Å². The molecule has 0 saturated carbocycles. The van der Waals surface area contributed by atoms with E-state index in [2.05, 4.69) is 27.2 Å². The molecule has 1 atom stereocenters. The minimum absolute atomic E-state index is 0.0221. The van der Waals surface area contributed by atoms with Crippen molar-refractivity contribution in [1.29, 1.82) is 0 Å². The van der Waals surface area contributed by atoms with Crippen molar-refractivity contribution in [1.82, 2.24) is 24.6 Å². The van der Waals surface area contributed by atoms with Crippen LogP contribution in [0.25, 0.3) is 5.82 Å². The summed E-state index contributed by atoms with van der Waals surface area (Å²) in [5.41, 5.74) is 1.80. The molecule has 1 fully saturated rings. The lowest BCUT2D eigenvalue weighted by molar-refractivity contribution is 0.0460. The van der Waals surface area contributed by atoms with Crippen molar-refractivity contribution in [2.75, 3.05) is 6.54 Å². The molecule has 1 aromatic carbocycles. The fraction of sp³-hybridized carbons (Fsp3) is 0.176. The van der Waals surface area contributed by atoms with E-state index in [1.807, 2.05) is 23.1 Å². The predicted octanol–water partition coefficient (Wildman–Crippen LogP) is 2.25. The molecule has 0 bridgehead atoms. The number of benzene rings is 1. The highest BCUT2D eigenvalue weighted by Gasteiger charge is 2.33. The Morgan fingerprint density at radius 1 is 1.17 bits per heavy atom. The summed E-state index contributed by atoms with van der Waals surface area (Å²) in [6, 6.07) is 13.8. The van der Waals surface area contributed by atoms with Gasteiger partial charge in [-0.25, -0.2) is 14.6 Å². The first-order chi connectivity index (χ1) is 11.3. The fourth-order valence-corrected chi connectivity index (χ4v) is 2.82. The number of nitrogens with zero attached hydrogens (tertiary/aromatic N) is 5. The number of hydrogen-bond donors (Lipinski definition) is 0. The molecule has 0 aliphatic carbocycles. The third-order valence-electron chi connectivity index (χ3n) is 4.11. The van der Waals surface area contributed by atoms with Crippen LogP contribution in [-0.4, -0.2) is 37.1 Å². The van der Waals surface area contributed by atoms with E-state index in [-0.39, 0.29) is 11.9 Å². The third-order valence-corrected chi connectivity index (χ3v) is 4.11. The minimum atomic E-state index is 0.0221. The lowest BCUT2D eigenvalue weighted by Crippen LogP contribution is -2.45. The number of likely N-dealkylation sites (tertiary alicyclic amines) is 1. The summed E-state index contributed by atoms with van der Waals surface area (Å²) in [5, 5.41) is 4.05. The Bertz CT molecular complexity index is 816. The molecule has 1 amide bonds. The van der Waals surface area contributed by atoms with Crippen molar-refractivity contribution in [3.63, 3.8) is 0 Å². The number of aromatic nitrogens is 4. The maximum Gasteiger partial charge on any atom is 0.254 e. The van der Waals surface area contributed by atoms with Gasteiger partial charge in [0.2, 0.25) is 0 Å². The number of carbonyl (C=O) groups is 1. The van der Waals surface area contributed by atoms with Crippen LogP contribution in [0.2, 0.25) is 0 Å². The molecule has 0 radical (unpaired) electrons. The van der Waals surface area contributed by atoms with E-state index in [1.54, 1.807) is 29.3 Å². The summed E-state index contributed by atoms with van der Waals surface area (Å²) in [6.07, 6.45) is 5.63. The van der Waals surface area contributed by atoms with Crippen LogP contribution in [0.15, 0.2) is 61.3 Å². The van der Waals surface area contributed by atoms with Crippen LogP contribution < -0.4 is 0 Å². The van der Waals surface area contributed by atoms with Crippen molar-refractivity contribution >= 4 is 5.91 Å². The van der Waals surface area contributed by atoms with Gasteiger partial charge in [0.1, 0.15) is 12.7 Å². The van der Waals surface area contributed by atoms with Gasteiger partial charge < -0.3 is 4.90 Å². The zero-order valence-electron chi connectivity index (χ0n) is 12.4. The Balaban J connectivity index is 1.59. The zero-order chi connectivity index (χ0) is 15.6. The lowest BCUT2D eigenvalue weighted by atomic mass is 9.94. The van der Waals surface area contributed by atoms with E-state index in [1.165, 1.54) is 11.9 Å². The van der Waals surface area contributed by atoms with Gasteiger partial charge in [-0.15, -0.1) is 0 Å². The molecule has 114 valence electrons. The quantitative estimate of drug-likeness (QED) is 0.744. The molecular formula is C17H15N5O. The van der Waals surface area contributed by atoms with Gasteiger partial charge in [0, 0.05) is 18.3 Å². The van der Waals surface area contributed by atoms with Crippen molar-refractivity contribution in [3.05, 3.63) is 72.4 Å². The van der Waals surface area contributed by atoms with E-state index in [0.717, 1.165) is 13.0 Å². The van der Waals surface area contributed by atoms with E-state index in [4.69, 9.17) is 0 Å². The second-order valence-corrected chi connectivity index (χ2v) is 5.46. The van der Waals surface area contributed by atoms with Crippen molar-refractivity contribution in [2.45, 2.75) is 12.5 Å². The molecule has 6 nitrogen and oxygen atoms in total. The highest BCUT2D eigenvalue weighted by atomic mass is 16.2. The maximum absolute atomic E-state index is 12.8. The summed E-state index contributed by atoms with van der Waals surface area (Å²) in [4.78, 5) is 22.8. The maximum atomic E-state index is 12.8. The average Bonchev–Trinajstić information content (AvgIpc) is 3.09.